The summed E-state index contributed by atoms with van der Waals surface area (Å²) in [5, 5.41) is 12.7. The van der Waals surface area contributed by atoms with E-state index >= 15 is 0 Å². The van der Waals surface area contributed by atoms with Gasteiger partial charge in [-0.25, -0.2) is 19.7 Å². The van der Waals surface area contributed by atoms with Crippen molar-refractivity contribution in [2.75, 3.05) is 23.4 Å². The van der Waals surface area contributed by atoms with Crippen LogP contribution in [0.1, 0.15) is 29.6 Å². The van der Waals surface area contributed by atoms with E-state index in [1.54, 1.807) is 43.5 Å². The summed E-state index contributed by atoms with van der Waals surface area (Å²) < 4.78 is 10.7. The Morgan fingerprint density at radius 2 is 2.11 bits per heavy atom. The van der Waals surface area contributed by atoms with E-state index in [1.165, 1.54) is 22.4 Å². The van der Waals surface area contributed by atoms with Crippen molar-refractivity contribution in [3.63, 3.8) is 0 Å². The first-order valence-corrected chi connectivity index (χ1v) is 11.9. The van der Waals surface area contributed by atoms with Crippen molar-refractivity contribution in [1.29, 1.82) is 5.26 Å². The summed E-state index contributed by atoms with van der Waals surface area (Å²) in [7, 11) is 0. The van der Waals surface area contributed by atoms with Gasteiger partial charge in [0.25, 0.3) is 0 Å². The molecule has 36 heavy (non-hydrogen) atoms. The maximum atomic E-state index is 13.1. The molecular formula is C24H23N7O4S. The number of carbonyl (C=O) groups is 2. The van der Waals surface area contributed by atoms with Crippen LogP contribution < -0.4 is 15.0 Å². The van der Waals surface area contributed by atoms with E-state index in [9.17, 15) is 9.59 Å². The van der Waals surface area contributed by atoms with Crippen LogP contribution in [0.3, 0.4) is 0 Å². The Labute approximate surface area is 210 Å². The number of rotatable bonds is 9. The van der Waals surface area contributed by atoms with Gasteiger partial charge in [-0.2, -0.15) is 5.26 Å². The van der Waals surface area contributed by atoms with Gasteiger partial charge in [0.2, 0.25) is 0 Å². The molecular weight excluding hydrogens is 482 g/mol. The number of anilines is 2. The Morgan fingerprint density at radius 1 is 1.25 bits per heavy atom. The normalized spacial score (nSPS) is 10.6. The predicted molar refractivity (Wildman–Crippen MR) is 134 cm³/mol. The lowest BCUT2D eigenvalue weighted by molar-refractivity contribution is -0.142. The fourth-order valence-corrected chi connectivity index (χ4v) is 4.01. The quantitative estimate of drug-likeness (QED) is 0.320. The molecule has 3 aromatic heterocycles. The van der Waals surface area contributed by atoms with Gasteiger partial charge in [-0.3, -0.25) is 9.69 Å². The fourth-order valence-electron chi connectivity index (χ4n) is 3.40. The molecule has 0 radical (unpaired) electrons. The number of carbonyl (C=O) groups excluding carboxylic acids is 2. The number of aryl methyl sites for hydroxylation is 1. The van der Waals surface area contributed by atoms with Crippen LogP contribution in [0.25, 0.3) is 11.0 Å². The highest BCUT2D eigenvalue weighted by Crippen LogP contribution is 2.27. The summed E-state index contributed by atoms with van der Waals surface area (Å²) in [4.78, 5) is 43.0. The van der Waals surface area contributed by atoms with Crippen molar-refractivity contribution in [1.82, 2.24) is 19.9 Å². The largest absolute Gasteiger partial charge is 0.466 e. The minimum Gasteiger partial charge on any atom is -0.466 e. The number of aromatic amines is 1. The highest BCUT2D eigenvalue weighted by atomic mass is 32.1. The zero-order valence-corrected chi connectivity index (χ0v) is 20.5. The van der Waals surface area contributed by atoms with Crippen LogP contribution in [-0.4, -0.2) is 45.2 Å². The number of nitrogens with zero attached hydrogens (tertiary/aromatic N) is 5. The summed E-state index contributed by atoms with van der Waals surface area (Å²) >= 11 is 1.26. The van der Waals surface area contributed by atoms with E-state index < -0.39 is 12.1 Å². The molecule has 12 heteroatoms. The number of thiazole rings is 1. The number of hydrogen-bond donors (Lipinski definition) is 2. The van der Waals surface area contributed by atoms with Crippen molar-refractivity contribution in [2.45, 2.75) is 26.8 Å². The van der Waals surface area contributed by atoms with Crippen LogP contribution in [0, 0.1) is 18.3 Å². The first kappa shape index (κ1) is 24.6. The first-order chi connectivity index (χ1) is 17.5. The lowest BCUT2D eigenvalue weighted by Gasteiger charge is -2.21. The van der Waals surface area contributed by atoms with Gasteiger partial charge in [0.1, 0.15) is 28.3 Å². The maximum absolute atomic E-state index is 13.1. The number of hydrogen-bond acceptors (Lipinski definition) is 10. The van der Waals surface area contributed by atoms with Crippen molar-refractivity contribution in [3.05, 3.63) is 59.0 Å². The minimum absolute atomic E-state index is 0.00220. The lowest BCUT2D eigenvalue weighted by Crippen LogP contribution is -2.36. The van der Waals surface area contributed by atoms with Crippen LogP contribution in [0.5, 0.6) is 5.75 Å². The lowest BCUT2D eigenvalue weighted by atomic mass is 10.2. The maximum Gasteiger partial charge on any atom is 0.420 e. The number of ether oxygens (including phenoxy) is 2. The molecule has 0 bridgehead atoms. The van der Waals surface area contributed by atoms with E-state index in [2.05, 4.69) is 31.3 Å². The Balaban J connectivity index is 1.49. The molecule has 11 nitrogen and oxygen atoms in total. The van der Waals surface area contributed by atoms with Crippen LogP contribution >= 0.6 is 11.3 Å². The molecule has 0 atom stereocenters. The number of amides is 1. The van der Waals surface area contributed by atoms with E-state index in [0.717, 1.165) is 5.52 Å². The summed E-state index contributed by atoms with van der Waals surface area (Å²) in [6.07, 6.45) is 2.40. The number of esters is 1. The highest BCUT2D eigenvalue weighted by molar-refractivity contribution is 7.16. The highest BCUT2D eigenvalue weighted by Gasteiger charge is 2.22. The molecule has 4 aromatic rings. The molecule has 1 aromatic carbocycles. The zero-order chi connectivity index (χ0) is 25.5. The summed E-state index contributed by atoms with van der Waals surface area (Å²) in [6, 6.07) is 10.7. The third-order valence-electron chi connectivity index (χ3n) is 5.12. The number of fused-ring (bicyclic) bond motifs is 1. The van der Waals surface area contributed by atoms with Crippen molar-refractivity contribution < 1.29 is 19.1 Å². The van der Waals surface area contributed by atoms with Gasteiger partial charge in [-0.05, 0) is 38.1 Å². The molecule has 2 N–H and O–H groups in total. The van der Waals surface area contributed by atoms with E-state index in [4.69, 9.17) is 14.7 Å². The monoisotopic (exact) mass is 505 g/mol. The van der Waals surface area contributed by atoms with Crippen LogP contribution in [0.15, 0.2) is 42.7 Å². The second-order valence-corrected chi connectivity index (χ2v) is 8.56. The Hall–Kier alpha value is -4.50. The van der Waals surface area contributed by atoms with Gasteiger partial charge in [0.15, 0.2) is 5.13 Å². The second-order valence-electron chi connectivity index (χ2n) is 7.53. The Morgan fingerprint density at radius 3 is 2.83 bits per heavy atom. The molecule has 3 heterocycles. The summed E-state index contributed by atoms with van der Waals surface area (Å²) in [5.41, 5.74) is 2.12. The molecule has 0 aliphatic heterocycles. The number of imidazole rings is 1. The second kappa shape index (κ2) is 11.3. The Bertz CT molecular complexity index is 1410. The molecule has 184 valence electrons. The first-order valence-electron chi connectivity index (χ1n) is 11.1. The average Bonchev–Trinajstić information content (AvgIpc) is 3.52. The number of nitrogens with one attached hydrogen (secondary N) is 2. The summed E-state index contributed by atoms with van der Waals surface area (Å²) in [5.74, 6) is 0.951. The van der Waals surface area contributed by atoms with Gasteiger partial charge in [0, 0.05) is 18.3 Å². The number of pyridine rings is 1. The average molecular weight is 506 g/mol. The van der Waals surface area contributed by atoms with Gasteiger partial charge < -0.3 is 19.8 Å². The molecule has 0 fully saturated rings. The molecule has 0 aliphatic rings. The van der Waals surface area contributed by atoms with Gasteiger partial charge >= 0.3 is 12.1 Å². The number of nitriles is 1. The molecule has 0 saturated carbocycles. The number of benzene rings is 1. The Kier molecular flexibility index (Phi) is 7.72. The van der Waals surface area contributed by atoms with Crippen molar-refractivity contribution in [2.24, 2.45) is 0 Å². The van der Waals surface area contributed by atoms with E-state index in [1.807, 2.05) is 6.92 Å². The standard InChI is InChI=1S/C24H23N7O4S/c1-3-34-21(32)9-11-31(20-6-4-5-10-26-20)24(33)35-18-8-7-17-22(15(18)2)30-19(29-17)14-28-23-27-13-16(12-25)36-23/h4-8,10,13H,3,9,11,14H2,1-2H3,(H,27,28)(H,29,30). The smallest absolute Gasteiger partial charge is 0.420 e. The van der Waals surface area contributed by atoms with E-state index in [-0.39, 0.29) is 19.6 Å². The van der Waals surface area contributed by atoms with Crippen molar-refractivity contribution >= 4 is 45.4 Å². The van der Waals surface area contributed by atoms with Crippen LogP contribution in [-0.2, 0) is 16.1 Å². The molecule has 0 saturated heterocycles. The number of H-pyrrole nitrogens is 1. The predicted octanol–water partition coefficient (Wildman–Crippen LogP) is 4.17. The SMILES string of the molecule is CCOC(=O)CCN(C(=O)Oc1ccc2[nH]c(CNc3ncc(C#N)s3)nc2c1C)c1ccccn1. The van der Waals surface area contributed by atoms with Gasteiger partial charge in [-0.15, -0.1) is 0 Å². The van der Waals surface area contributed by atoms with Crippen LogP contribution in [0.4, 0.5) is 15.7 Å². The number of aromatic nitrogens is 4. The van der Waals surface area contributed by atoms with E-state index in [0.29, 0.717) is 45.0 Å². The third kappa shape index (κ3) is 5.76. The fraction of sp³-hybridized carbons (Fsp3) is 0.250. The summed E-state index contributed by atoms with van der Waals surface area (Å²) in [6.45, 7) is 4.23. The molecule has 0 spiro atoms. The zero-order valence-electron chi connectivity index (χ0n) is 19.6. The molecule has 1 amide bonds. The van der Waals surface area contributed by atoms with Crippen LogP contribution in [0.2, 0.25) is 0 Å². The van der Waals surface area contributed by atoms with Crippen molar-refractivity contribution in [3.8, 4) is 11.8 Å². The molecule has 4 rings (SSSR count). The van der Waals surface area contributed by atoms with Gasteiger partial charge in [-0.1, -0.05) is 17.4 Å². The molecule has 0 unspecified atom stereocenters. The van der Waals surface area contributed by atoms with Gasteiger partial charge in [0.05, 0.1) is 36.8 Å². The topological polar surface area (TPSA) is 146 Å². The third-order valence-corrected chi connectivity index (χ3v) is 5.98. The molecule has 0 aliphatic carbocycles. The minimum atomic E-state index is -0.671.